The van der Waals surface area contributed by atoms with Crippen LogP contribution in [0.2, 0.25) is 5.02 Å². The van der Waals surface area contributed by atoms with Gasteiger partial charge in [0.15, 0.2) is 0 Å². The number of fused-ring (bicyclic) bond motifs is 1. The number of primary amides is 1. The summed E-state index contributed by atoms with van der Waals surface area (Å²) in [5.74, 6) is -0.344. The topological polar surface area (TPSA) is 60.9 Å². The summed E-state index contributed by atoms with van der Waals surface area (Å²) < 4.78 is 2.22. The predicted octanol–water partition coefficient (Wildman–Crippen LogP) is 2.57. The summed E-state index contributed by atoms with van der Waals surface area (Å²) in [7, 11) is 0. The van der Waals surface area contributed by atoms with Crippen LogP contribution >= 0.6 is 11.6 Å². The normalized spacial score (nSPS) is 14.1. The van der Waals surface area contributed by atoms with E-state index < -0.39 is 0 Å². The fraction of sp³-hybridized carbons (Fsp3) is 0.333. The molecule has 0 fully saturated rings. The van der Waals surface area contributed by atoms with Crippen LogP contribution in [0.25, 0.3) is 11.3 Å². The van der Waals surface area contributed by atoms with E-state index in [1.165, 1.54) is 0 Å². The molecule has 2 aromatic heterocycles. The fourth-order valence-corrected chi connectivity index (χ4v) is 3.31. The molecule has 0 aliphatic carbocycles. The van der Waals surface area contributed by atoms with Crippen LogP contribution in [0.15, 0.2) is 24.5 Å². The highest BCUT2D eigenvalue weighted by atomic mass is 35.5. The van der Waals surface area contributed by atoms with E-state index in [0.29, 0.717) is 5.02 Å². The van der Waals surface area contributed by atoms with Crippen molar-refractivity contribution in [3.8, 4) is 11.3 Å². The third-order valence-electron chi connectivity index (χ3n) is 3.75. The first-order valence-corrected chi connectivity index (χ1v) is 7.14. The lowest BCUT2D eigenvalue weighted by atomic mass is 10.0. The molecule has 0 spiro atoms. The van der Waals surface area contributed by atoms with Gasteiger partial charge in [-0.05, 0) is 31.4 Å². The molecule has 0 saturated carbocycles. The summed E-state index contributed by atoms with van der Waals surface area (Å²) in [4.78, 5) is 15.5. The Morgan fingerprint density at radius 3 is 3.00 bits per heavy atom. The van der Waals surface area contributed by atoms with Gasteiger partial charge in [0.25, 0.3) is 0 Å². The number of carbonyl (C=O) groups is 1. The van der Waals surface area contributed by atoms with Crippen molar-refractivity contribution in [2.24, 2.45) is 5.73 Å². The molecule has 5 heteroatoms. The molecular formula is C15H16ClN3O. The average molecular weight is 290 g/mol. The van der Waals surface area contributed by atoms with E-state index in [1.807, 2.05) is 12.1 Å². The average Bonchev–Trinajstić information content (AvgIpc) is 2.72. The minimum Gasteiger partial charge on any atom is -0.369 e. The van der Waals surface area contributed by atoms with Crippen molar-refractivity contribution >= 4 is 17.5 Å². The van der Waals surface area contributed by atoms with E-state index in [-0.39, 0.29) is 12.3 Å². The summed E-state index contributed by atoms with van der Waals surface area (Å²) in [5, 5.41) is 0.647. The first kappa shape index (κ1) is 13.2. The minimum atomic E-state index is -0.344. The summed E-state index contributed by atoms with van der Waals surface area (Å²) in [5.41, 5.74) is 9.34. The molecule has 104 valence electrons. The van der Waals surface area contributed by atoms with Crippen molar-refractivity contribution < 1.29 is 4.79 Å². The van der Waals surface area contributed by atoms with Crippen molar-refractivity contribution in [3.05, 3.63) is 40.8 Å². The fourth-order valence-electron chi connectivity index (χ4n) is 2.92. The van der Waals surface area contributed by atoms with Crippen LogP contribution in [0.3, 0.4) is 0 Å². The lowest BCUT2D eigenvalue weighted by molar-refractivity contribution is -0.117. The zero-order valence-electron chi connectivity index (χ0n) is 11.1. The molecule has 0 atom stereocenters. The molecule has 0 radical (unpaired) electrons. The number of rotatable bonds is 3. The number of pyridine rings is 1. The van der Waals surface area contributed by atoms with Crippen LogP contribution in [0.5, 0.6) is 0 Å². The third-order valence-corrected chi connectivity index (χ3v) is 4.16. The zero-order valence-corrected chi connectivity index (χ0v) is 11.9. The van der Waals surface area contributed by atoms with E-state index in [9.17, 15) is 4.79 Å². The number of amides is 1. The molecule has 4 nitrogen and oxygen atoms in total. The second-order valence-electron chi connectivity index (χ2n) is 5.08. The summed E-state index contributed by atoms with van der Waals surface area (Å²) in [6, 6.07) is 3.88. The first-order valence-electron chi connectivity index (χ1n) is 6.77. The zero-order chi connectivity index (χ0) is 14.1. The Labute approximate surface area is 122 Å². The molecule has 0 saturated heterocycles. The molecule has 2 N–H and O–H groups in total. The van der Waals surface area contributed by atoms with Gasteiger partial charge in [-0.1, -0.05) is 11.6 Å². The van der Waals surface area contributed by atoms with Crippen molar-refractivity contribution in [1.82, 2.24) is 9.55 Å². The molecule has 20 heavy (non-hydrogen) atoms. The monoisotopic (exact) mass is 289 g/mol. The van der Waals surface area contributed by atoms with Gasteiger partial charge in [0.05, 0.1) is 17.1 Å². The highest BCUT2D eigenvalue weighted by molar-refractivity contribution is 6.34. The van der Waals surface area contributed by atoms with Crippen LogP contribution < -0.4 is 5.73 Å². The Kier molecular flexibility index (Phi) is 3.49. The summed E-state index contributed by atoms with van der Waals surface area (Å²) in [6.45, 7) is 0.929. The number of nitrogens with two attached hydrogens (primary N) is 1. The van der Waals surface area contributed by atoms with Crippen molar-refractivity contribution in [3.63, 3.8) is 0 Å². The van der Waals surface area contributed by atoms with Crippen molar-refractivity contribution in [2.75, 3.05) is 0 Å². The molecule has 0 aromatic carbocycles. The SMILES string of the molecule is NC(=O)Cc1c(Cl)c(-c2cccnc2)n2c1CCCC2. The molecule has 1 aliphatic rings. The Hall–Kier alpha value is -1.81. The van der Waals surface area contributed by atoms with Crippen LogP contribution in [0.4, 0.5) is 0 Å². The molecule has 2 aromatic rings. The summed E-state index contributed by atoms with van der Waals surface area (Å²) >= 11 is 6.54. The highest BCUT2D eigenvalue weighted by Crippen LogP contribution is 2.38. The maximum atomic E-state index is 11.3. The van der Waals surface area contributed by atoms with E-state index in [2.05, 4.69) is 9.55 Å². The second-order valence-corrected chi connectivity index (χ2v) is 5.46. The van der Waals surface area contributed by atoms with Crippen LogP contribution in [-0.4, -0.2) is 15.5 Å². The Morgan fingerprint density at radius 1 is 1.45 bits per heavy atom. The van der Waals surface area contributed by atoms with Gasteiger partial charge in [-0.25, -0.2) is 0 Å². The Morgan fingerprint density at radius 2 is 2.30 bits per heavy atom. The maximum absolute atomic E-state index is 11.3. The maximum Gasteiger partial charge on any atom is 0.221 e. The lowest BCUT2D eigenvalue weighted by Crippen LogP contribution is -2.17. The van der Waals surface area contributed by atoms with E-state index in [0.717, 1.165) is 48.3 Å². The van der Waals surface area contributed by atoms with Gasteiger partial charge in [0, 0.05) is 35.8 Å². The molecule has 0 unspecified atom stereocenters. The molecule has 0 bridgehead atoms. The second kappa shape index (κ2) is 5.29. The standard InChI is InChI=1S/C15H16ClN3O/c16-14-11(8-13(17)20)12-5-1-2-7-19(12)15(14)10-4-3-6-18-9-10/h3-4,6,9H,1-2,5,7-8H2,(H2,17,20). The van der Waals surface area contributed by atoms with Gasteiger partial charge >= 0.3 is 0 Å². The van der Waals surface area contributed by atoms with Gasteiger partial charge in [-0.15, -0.1) is 0 Å². The van der Waals surface area contributed by atoms with Gasteiger partial charge in [-0.3, -0.25) is 9.78 Å². The van der Waals surface area contributed by atoms with E-state index in [1.54, 1.807) is 12.4 Å². The van der Waals surface area contributed by atoms with Crippen LogP contribution in [0, 0.1) is 0 Å². The van der Waals surface area contributed by atoms with Crippen LogP contribution in [-0.2, 0) is 24.2 Å². The number of nitrogens with zero attached hydrogens (tertiary/aromatic N) is 2. The van der Waals surface area contributed by atoms with E-state index in [4.69, 9.17) is 17.3 Å². The number of aromatic nitrogens is 2. The number of hydrogen-bond donors (Lipinski definition) is 1. The minimum absolute atomic E-state index is 0.203. The molecule has 3 rings (SSSR count). The van der Waals surface area contributed by atoms with Crippen molar-refractivity contribution in [2.45, 2.75) is 32.2 Å². The highest BCUT2D eigenvalue weighted by Gasteiger charge is 2.25. The van der Waals surface area contributed by atoms with Gasteiger partial charge < -0.3 is 10.3 Å². The van der Waals surface area contributed by atoms with Gasteiger partial charge in [-0.2, -0.15) is 0 Å². The predicted molar refractivity (Wildman–Crippen MR) is 78.5 cm³/mol. The van der Waals surface area contributed by atoms with Crippen molar-refractivity contribution in [1.29, 1.82) is 0 Å². The number of carbonyl (C=O) groups excluding carboxylic acids is 1. The first-order chi connectivity index (χ1) is 9.68. The largest absolute Gasteiger partial charge is 0.369 e. The molecule has 1 amide bonds. The quantitative estimate of drug-likeness (QED) is 0.944. The van der Waals surface area contributed by atoms with Gasteiger partial charge in [0.2, 0.25) is 5.91 Å². The third kappa shape index (κ3) is 2.20. The Balaban J connectivity index is 2.19. The van der Waals surface area contributed by atoms with E-state index >= 15 is 0 Å². The van der Waals surface area contributed by atoms with Crippen LogP contribution in [0.1, 0.15) is 24.1 Å². The summed E-state index contributed by atoms with van der Waals surface area (Å²) in [6.07, 6.45) is 6.94. The smallest absolute Gasteiger partial charge is 0.221 e. The number of halogens is 1. The lowest BCUT2D eigenvalue weighted by Gasteiger charge is -2.18. The Bertz CT molecular complexity index is 649. The molecule has 3 heterocycles. The van der Waals surface area contributed by atoms with Gasteiger partial charge in [0.1, 0.15) is 0 Å². The molecular weight excluding hydrogens is 274 g/mol. The number of hydrogen-bond acceptors (Lipinski definition) is 2. The molecule has 1 aliphatic heterocycles.